The van der Waals surface area contributed by atoms with Gasteiger partial charge >= 0.3 is 0 Å². The molecule has 0 saturated carbocycles. The number of hydrogen-bond acceptors (Lipinski definition) is 6. The summed E-state index contributed by atoms with van der Waals surface area (Å²) >= 11 is 0. The van der Waals surface area contributed by atoms with E-state index >= 15 is 0 Å². The maximum Gasteiger partial charge on any atom is 0.131 e. The number of anilines is 2. The fourth-order valence-electron chi connectivity index (χ4n) is 3.46. The Bertz CT molecular complexity index is 649. The van der Waals surface area contributed by atoms with Gasteiger partial charge in [-0.1, -0.05) is 6.07 Å². The van der Waals surface area contributed by atoms with Crippen molar-refractivity contribution in [3.05, 3.63) is 48.3 Å². The summed E-state index contributed by atoms with van der Waals surface area (Å²) in [6.45, 7) is 1.88. The molecule has 2 aromatic heterocycles. The van der Waals surface area contributed by atoms with E-state index in [4.69, 9.17) is 0 Å². The minimum atomic E-state index is -0.137. The van der Waals surface area contributed by atoms with Gasteiger partial charge < -0.3 is 15.5 Å². The van der Waals surface area contributed by atoms with Crippen molar-refractivity contribution >= 4 is 11.6 Å². The molecule has 1 saturated heterocycles. The van der Waals surface area contributed by atoms with Crippen LogP contribution in [0.2, 0.25) is 0 Å². The Kier molecular flexibility index (Phi) is 6.33. The van der Waals surface area contributed by atoms with Crippen molar-refractivity contribution in [3.63, 3.8) is 0 Å². The van der Waals surface area contributed by atoms with Crippen LogP contribution < -0.4 is 5.32 Å². The molecule has 25 heavy (non-hydrogen) atoms. The Morgan fingerprint density at radius 3 is 2.72 bits per heavy atom. The van der Waals surface area contributed by atoms with Crippen molar-refractivity contribution in [2.24, 2.45) is 5.92 Å². The average Bonchev–Trinajstić information content (AvgIpc) is 2.64. The first-order valence-corrected chi connectivity index (χ1v) is 8.87. The number of aromatic nitrogens is 2. The first kappa shape index (κ1) is 17.8. The molecule has 3 rings (SSSR count). The predicted octanol–water partition coefficient (Wildman–Crippen LogP) is 1.83. The van der Waals surface area contributed by atoms with Gasteiger partial charge in [-0.2, -0.15) is 0 Å². The molecule has 1 atom stereocenters. The van der Waals surface area contributed by atoms with Gasteiger partial charge in [0.15, 0.2) is 0 Å². The second kappa shape index (κ2) is 8.89. The second-order valence-electron chi connectivity index (χ2n) is 6.62. The monoisotopic (exact) mass is 342 g/mol. The van der Waals surface area contributed by atoms with Crippen LogP contribution in [-0.4, -0.2) is 57.4 Å². The Morgan fingerprint density at radius 1 is 1.12 bits per heavy atom. The number of hydrogen-bond donors (Lipinski definition) is 3. The first-order valence-electron chi connectivity index (χ1n) is 8.87. The van der Waals surface area contributed by atoms with Gasteiger partial charge in [-0.3, -0.25) is 4.90 Å². The Hall–Kier alpha value is -2.02. The molecule has 0 aromatic carbocycles. The lowest BCUT2D eigenvalue weighted by molar-refractivity contribution is 0.0442. The highest BCUT2D eigenvalue weighted by Gasteiger charge is 2.25. The molecule has 6 nitrogen and oxygen atoms in total. The maximum atomic E-state index is 9.41. The molecule has 0 radical (unpaired) electrons. The van der Waals surface area contributed by atoms with Gasteiger partial charge in [0.25, 0.3) is 0 Å². The van der Waals surface area contributed by atoms with E-state index in [1.54, 1.807) is 6.20 Å². The van der Waals surface area contributed by atoms with Crippen LogP contribution in [0.1, 0.15) is 18.4 Å². The highest BCUT2D eigenvalue weighted by atomic mass is 16.3. The summed E-state index contributed by atoms with van der Waals surface area (Å²) in [7, 11) is 0. The summed E-state index contributed by atoms with van der Waals surface area (Å²) in [5.74, 6) is 2.11. The summed E-state index contributed by atoms with van der Waals surface area (Å²) in [5, 5.41) is 22.0. The molecule has 6 heteroatoms. The zero-order chi connectivity index (χ0) is 17.5. The number of nitrogens with zero attached hydrogens (tertiary/aromatic N) is 3. The molecule has 1 aliphatic rings. The Labute approximate surface area is 148 Å². The van der Waals surface area contributed by atoms with Gasteiger partial charge in [-0.25, -0.2) is 9.97 Å². The summed E-state index contributed by atoms with van der Waals surface area (Å²) < 4.78 is 0. The molecule has 1 fully saturated rings. The third-order valence-corrected chi connectivity index (χ3v) is 4.76. The lowest BCUT2D eigenvalue weighted by Crippen LogP contribution is -2.46. The van der Waals surface area contributed by atoms with E-state index in [-0.39, 0.29) is 19.3 Å². The normalized spacial score (nSPS) is 18.4. The SMILES string of the molecule is OCC(CO)N1CCC[C@H](Cc2ccnc(Nc3ccccn3)c2)C1. The van der Waals surface area contributed by atoms with Crippen LogP contribution in [0.5, 0.6) is 0 Å². The van der Waals surface area contributed by atoms with Crippen molar-refractivity contribution < 1.29 is 10.2 Å². The zero-order valence-electron chi connectivity index (χ0n) is 14.4. The van der Waals surface area contributed by atoms with Gasteiger partial charge in [0, 0.05) is 18.9 Å². The summed E-state index contributed by atoms with van der Waals surface area (Å²) in [6, 6.07) is 9.73. The average molecular weight is 342 g/mol. The van der Waals surface area contributed by atoms with Gasteiger partial charge in [0.05, 0.1) is 19.3 Å². The van der Waals surface area contributed by atoms with E-state index in [1.807, 2.05) is 24.4 Å². The predicted molar refractivity (Wildman–Crippen MR) is 97.7 cm³/mol. The molecule has 0 amide bonds. The van der Waals surface area contributed by atoms with Crippen LogP contribution in [0.4, 0.5) is 11.6 Å². The van der Waals surface area contributed by atoms with Gasteiger partial charge in [-0.05, 0) is 61.6 Å². The fraction of sp³-hybridized carbons (Fsp3) is 0.474. The van der Waals surface area contributed by atoms with E-state index in [9.17, 15) is 10.2 Å². The van der Waals surface area contributed by atoms with Gasteiger partial charge in [0.1, 0.15) is 11.6 Å². The topological polar surface area (TPSA) is 81.5 Å². The van der Waals surface area contributed by atoms with Crippen molar-refractivity contribution in [2.75, 3.05) is 31.6 Å². The number of aliphatic hydroxyl groups excluding tert-OH is 2. The third kappa shape index (κ3) is 4.98. The molecule has 0 unspecified atom stereocenters. The molecule has 0 bridgehead atoms. The van der Waals surface area contributed by atoms with Gasteiger partial charge in [-0.15, -0.1) is 0 Å². The molecule has 3 N–H and O–H groups in total. The Morgan fingerprint density at radius 2 is 1.96 bits per heavy atom. The van der Waals surface area contributed by atoms with Crippen molar-refractivity contribution in [3.8, 4) is 0 Å². The number of aliphatic hydroxyl groups is 2. The van der Waals surface area contributed by atoms with Crippen molar-refractivity contribution in [1.29, 1.82) is 0 Å². The molecule has 3 heterocycles. The van der Waals surface area contributed by atoms with Crippen LogP contribution in [0, 0.1) is 5.92 Å². The molecule has 0 spiro atoms. The summed E-state index contributed by atoms with van der Waals surface area (Å²) in [5.41, 5.74) is 1.24. The standard InChI is InChI=1S/C19H26N4O2/c24-13-17(14-25)23-9-3-4-16(12-23)10-15-6-8-21-19(11-15)22-18-5-1-2-7-20-18/h1-2,5-8,11,16-17,24-25H,3-4,9-10,12-14H2,(H,20,21,22)/t16-/m1/s1. The summed E-state index contributed by atoms with van der Waals surface area (Å²) in [6.07, 6.45) is 6.82. The van der Waals surface area contributed by atoms with Crippen LogP contribution in [0.25, 0.3) is 0 Å². The third-order valence-electron chi connectivity index (χ3n) is 4.76. The first-order chi connectivity index (χ1) is 12.3. The fourth-order valence-corrected chi connectivity index (χ4v) is 3.46. The maximum absolute atomic E-state index is 9.41. The highest BCUT2D eigenvalue weighted by molar-refractivity contribution is 5.51. The van der Waals surface area contributed by atoms with E-state index in [0.717, 1.165) is 37.6 Å². The number of nitrogens with one attached hydrogen (secondary N) is 1. The van der Waals surface area contributed by atoms with Crippen LogP contribution in [0.15, 0.2) is 42.7 Å². The minimum absolute atomic E-state index is 0.0105. The van der Waals surface area contributed by atoms with Crippen molar-refractivity contribution in [1.82, 2.24) is 14.9 Å². The number of piperidine rings is 1. The lowest BCUT2D eigenvalue weighted by Gasteiger charge is -2.37. The van der Waals surface area contributed by atoms with E-state index in [2.05, 4.69) is 32.3 Å². The molecular weight excluding hydrogens is 316 g/mol. The van der Waals surface area contributed by atoms with Crippen LogP contribution in [0.3, 0.4) is 0 Å². The van der Waals surface area contributed by atoms with Gasteiger partial charge in [0.2, 0.25) is 0 Å². The van der Waals surface area contributed by atoms with E-state index < -0.39 is 0 Å². The summed E-state index contributed by atoms with van der Waals surface area (Å²) in [4.78, 5) is 10.8. The van der Waals surface area contributed by atoms with Crippen molar-refractivity contribution in [2.45, 2.75) is 25.3 Å². The molecule has 2 aromatic rings. The quantitative estimate of drug-likeness (QED) is 0.712. The van der Waals surface area contributed by atoms with Crippen LogP contribution >= 0.6 is 0 Å². The second-order valence-corrected chi connectivity index (χ2v) is 6.62. The Balaban J connectivity index is 1.61. The molecule has 0 aliphatic carbocycles. The lowest BCUT2D eigenvalue weighted by atomic mass is 9.91. The number of likely N-dealkylation sites (tertiary alicyclic amines) is 1. The number of rotatable bonds is 7. The molecule has 134 valence electrons. The van der Waals surface area contributed by atoms with Crippen LogP contribution in [-0.2, 0) is 6.42 Å². The smallest absolute Gasteiger partial charge is 0.131 e. The molecular formula is C19H26N4O2. The van der Waals surface area contributed by atoms with E-state index in [0.29, 0.717) is 5.92 Å². The highest BCUT2D eigenvalue weighted by Crippen LogP contribution is 2.23. The minimum Gasteiger partial charge on any atom is -0.395 e. The number of pyridine rings is 2. The largest absolute Gasteiger partial charge is 0.395 e. The van der Waals surface area contributed by atoms with E-state index in [1.165, 1.54) is 12.0 Å². The molecule has 1 aliphatic heterocycles. The zero-order valence-corrected chi connectivity index (χ0v) is 14.4.